The molecule has 4 aromatic carbocycles. The highest BCUT2D eigenvalue weighted by Crippen LogP contribution is 2.21. The Bertz CT molecular complexity index is 1480. The van der Waals surface area contributed by atoms with Crippen molar-refractivity contribution in [3.05, 3.63) is 145 Å². The minimum Gasteiger partial charge on any atom is -0.194 e. The first-order chi connectivity index (χ1) is 18.2. The lowest BCUT2D eigenvalue weighted by molar-refractivity contribution is -0.662. The average molecular weight is 612 g/mol. The summed E-state index contributed by atoms with van der Waals surface area (Å²) in [6.45, 7) is 1.73. The molecule has 0 saturated carbocycles. The van der Waals surface area contributed by atoms with Crippen molar-refractivity contribution in [3.63, 3.8) is 0 Å². The number of hydrogen-bond donors (Lipinski definition) is 0. The van der Waals surface area contributed by atoms with Crippen LogP contribution in [-0.2, 0) is 13.1 Å². The predicted molar refractivity (Wildman–Crippen MR) is 161 cm³/mol. The van der Waals surface area contributed by atoms with E-state index in [1.807, 2.05) is 0 Å². The van der Waals surface area contributed by atoms with Crippen molar-refractivity contribution in [1.82, 2.24) is 0 Å². The first-order valence-corrected chi connectivity index (χ1v) is 14.5. The number of aromatic nitrogens is 2. The van der Waals surface area contributed by atoms with Gasteiger partial charge in [-0.05, 0) is 35.4 Å². The monoisotopic (exact) mass is 610 g/mol. The van der Waals surface area contributed by atoms with Gasteiger partial charge in [0.25, 0.3) is 0 Å². The van der Waals surface area contributed by atoms with E-state index in [2.05, 4.69) is 175 Å². The van der Waals surface area contributed by atoms with Crippen molar-refractivity contribution >= 4 is 53.7 Å². The van der Waals surface area contributed by atoms with Gasteiger partial charge in [-0.3, -0.25) is 0 Å². The maximum absolute atomic E-state index is 3.06. The Morgan fingerprint density at radius 2 is 0.784 bits per heavy atom. The van der Waals surface area contributed by atoms with Gasteiger partial charge in [0.1, 0.15) is 0 Å². The lowest BCUT2D eigenvalue weighted by Gasteiger charge is -2.06. The number of para-hydroxylation sites is 2. The molecule has 2 aromatic heterocycles. The molecule has 0 unspecified atom stereocenters. The fourth-order valence-corrected chi connectivity index (χ4v) is 4.72. The fourth-order valence-electron chi connectivity index (χ4n) is 4.72. The van der Waals surface area contributed by atoms with Gasteiger partial charge in [0, 0.05) is 46.2 Å². The highest BCUT2D eigenvalue weighted by molar-refractivity contribution is 9.24. The van der Waals surface area contributed by atoms with Crippen molar-refractivity contribution < 1.29 is 9.13 Å². The maximum Gasteiger partial charge on any atom is 0.212 e. The van der Waals surface area contributed by atoms with Crippen LogP contribution in [0.2, 0.25) is 0 Å². The van der Waals surface area contributed by atoms with E-state index in [-0.39, 0.29) is 0 Å². The largest absolute Gasteiger partial charge is 0.212 e. The summed E-state index contributed by atoms with van der Waals surface area (Å²) >= 11 is 6.12. The van der Waals surface area contributed by atoms with E-state index < -0.39 is 0 Å². The zero-order chi connectivity index (χ0) is 25.5. The zero-order valence-corrected chi connectivity index (χ0v) is 23.6. The molecule has 2 nitrogen and oxygen atoms in total. The Kier molecular flexibility index (Phi) is 8.39. The Morgan fingerprint density at radius 3 is 1.19 bits per heavy atom. The molecular formula is C33H28Br2N2+2. The summed E-state index contributed by atoms with van der Waals surface area (Å²) in [6, 6.07) is 43.5. The van der Waals surface area contributed by atoms with Gasteiger partial charge >= 0.3 is 0 Å². The van der Waals surface area contributed by atoms with E-state index in [9.17, 15) is 0 Å². The molecule has 0 bridgehead atoms. The number of benzene rings is 4. The highest BCUT2D eigenvalue weighted by Gasteiger charge is 2.10. The van der Waals surface area contributed by atoms with E-state index in [1.54, 1.807) is 0 Å². The van der Waals surface area contributed by atoms with Gasteiger partial charge in [0.2, 0.25) is 11.0 Å². The molecule has 2 heterocycles. The average Bonchev–Trinajstić information content (AvgIpc) is 2.95. The van der Waals surface area contributed by atoms with E-state index in [0.29, 0.717) is 0 Å². The van der Waals surface area contributed by atoms with Gasteiger partial charge in [-0.1, -0.05) is 105 Å². The van der Waals surface area contributed by atoms with Crippen LogP contribution < -0.4 is 9.13 Å². The number of nitrogens with zero attached hydrogens (tertiary/aromatic N) is 2. The molecule has 0 spiro atoms. The van der Waals surface area contributed by atoms with Crippen LogP contribution in [0.5, 0.6) is 0 Å². The highest BCUT2D eigenvalue weighted by atomic mass is 79.9. The first-order valence-electron chi connectivity index (χ1n) is 12.3. The first kappa shape index (κ1) is 25.3. The third-order valence-electron chi connectivity index (χ3n) is 6.52. The molecule has 0 aliphatic heterocycles. The lowest BCUT2D eigenvalue weighted by atomic mass is 10.0. The molecule has 182 valence electrons. The second-order valence-electron chi connectivity index (χ2n) is 8.88. The van der Waals surface area contributed by atoms with Crippen molar-refractivity contribution in [3.8, 4) is 11.1 Å². The molecule has 0 saturated heterocycles. The third kappa shape index (κ3) is 6.15. The summed E-state index contributed by atoms with van der Waals surface area (Å²) in [7, 11) is 0. The third-order valence-corrected chi connectivity index (χ3v) is 6.52. The van der Waals surface area contributed by atoms with Crippen molar-refractivity contribution in [2.75, 3.05) is 4.24 Å². The van der Waals surface area contributed by atoms with Crippen LogP contribution in [0, 0.1) is 0 Å². The molecule has 0 amide bonds. The Labute approximate surface area is 235 Å². The van der Waals surface area contributed by atoms with Gasteiger partial charge in [-0.2, -0.15) is 9.13 Å². The molecule has 0 aliphatic rings. The minimum atomic E-state index is 0.864. The number of alkyl halides is 2. The molecule has 37 heavy (non-hydrogen) atoms. The molecule has 6 aromatic rings. The number of hydrogen-bond acceptors (Lipinski definition) is 0. The van der Waals surface area contributed by atoms with Gasteiger partial charge in [0.05, 0.1) is 4.24 Å². The second kappa shape index (κ2) is 12.3. The molecule has 0 radical (unpaired) electrons. The number of halogens is 2. The molecular weight excluding hydrogens is 584 g/mol. The normalized spacial score (nSPS) is 10.8. The number of rotatable bonds is 5. The van der Waals surface area contributed by atoms with Crippen LogP contribution in [0.25, 0.3) is 32.9 Å². The van der Waals surface area contributed by atoms with E-state index in [0.717, 1.165) is 17.3 Å². The van der Waals surface area contributed by atoms with E-state index >= 15 is 0 Å². The number of fused-ring (bicyclic) bond motifs is 2. The summed E-state index contributed by atoms with van der Waals surface area (Å²) in [5.74, 6) is 0. The van der Waals surface area contributed by atoms with Crippen LogP contribution in [0.1, 0.15) is 11.1 Å². The smallest absolute Gasteiger partial charge is 0.194 e. The summed E-state index contributed by atoms with van der Waals surface area (Å²) in [5, 5.41) is 2.53. The van der Waals surface area contributed by atoms with Gasteiger partial charge < -0.3 is 0 Å². The van der Waals surface area contributed by atoms with Crippen LogP contribution in [0.15, 0.2) is 134 Å². The standard InChI is InChI=1S/C32H26N2.CH2Br2/c1-3-11-31-29(7-1)9-5-21-33(31)23-25-13-17-27(18-14-25)28-19-15-26(16-20-28)24-34-22-6-10-30-8-2-4-12-32(30)34;2-1-3/h1-22H,23-24H2;1H2/q+2;. The summed E-state index contributed by atoms with van der Waals surface area (Å²) < 4.78 is 5.49. The SMILES string of the molecule is BrCBr.c1ccc2c(c1)ccc[n+]2Cc1ccc(-c2ccc(C[n+]3cccc4ccccc43)cc2)cc1. The van der Waals surface area contributed by atoms with Crippen LogP contribution >= 0.6 is 31.9 Å². The Hall–Kier alpha value is -3.34. The fraction of sp³-hybridized carbons (Fsp3) is 0.0909. The molecule has 0 fully saturated rings. The Morgan fingerprint density at radius 1 is 0.432 bits per heavy atom. The summed E-state index contributed by atoms with van der Waals surface area (Å²) in [6.07, 6.45) is 4.31. The predicted octanol–water partition coefficient (Wildman–Crippen LogP) is 8.07. The van der Waals surface area contributed by atoms with Crippen LogP contribution in [0.3, 0.4) is 0 Å². The van der Waals surface area contributed by atoms with Crippen molar-refractivity contribution in [2.45, 2.75) is 13.1 Å². The number of pyridine rings is 2. The molecule has 0 atom stereocenters. The minimum absolute atomic E-state index is 0.864. The second-order valence-corrected chi connectivity index (χ2v) is 11.5. The zero-order valence-electron chi connectivity index (χ0n) is 20.5. The molecule has 0 N–H and O–H groups in total. The van der Waals surface area contributed by atoms with Crippen LogP contribution in [-0.4, -0.2) is 4.24 Å². The summed E-state index contributed by atoms with van der Waals surface area (Å²) in [5.41, 5.74) is 7.61. The van der Waals surface area contributed by atoms with Crippen molar-refractivity contribution in [2.24, 2.45) is 0 Å². The van der Waals surface area contributed by atoms with E-state index in [4.69, 9.17) is 0 Å². The van der Waals surface area contributed by atoms with Crippen molar-refractivity contribution in [1.29, 1.82) is 0 Å². The lowest BCUT2D eigenvalue weighted by Crippen LogP contribution is -2.34. The molecule has 0 aliphatic carbocycles. The van der Waals surface area contributed by atoms with E-state index in [1.165, 1.54) is 44.1 Å². The molecule has 4 heteroatoms. The quantitative estimate of drug-likeness (QED) is 0.138. The van der Waals surface area contributed by atoms with Gasteiger partial charge in [-0.25, -0.2) is 0 Å². The summed E-state index contributed by atoms with van der Waals surface area (Å²) in [4.78, 5) is 0. The molecule has 6 rings (SSSR count). The maximum atomic E-state index is 3.06. The Balaban J connectivity index is 0.000000892. The van der Waals surface area contributed by atoms with Crippen LogP contribution in [0.4, 0.5) is 0 Å². The van der Waals surface area contributed by atoms with Gasteiger partial charge in [-0.15, -0.1) is 0 Å². The van der Waals surface area contributed by atoms with Gasteiger partial charge in [0.15, 0.2) is 25.5 Å². The topological polar surface area (TPSA) is 7.76 Å².